The van der Waals surface area contributed by atoms with E-state index in [2.05, 4.69) is 0 Å². The first-order valence-corrected chi connectivity index (χ1v) is 4.14. The number of rotatable bonds is 6. The molecular weight excluding hydrogens is 160 g/mol. The van der Waals surface area contributed by atoms with Crippen molar-refractivity contribution in [3.8, 4) is 0 Å². The summed E-state index contributed by atoms with van der Waals surface area (Å²) >= 11 is 0. The fraction of sp³-hybridized carbons (Fsp3) is 0.875. The molecule has 0 aliphatic heterocycles. The van der Waals surface area contributed by atoms with Crippen LogP contribution in [0, 0.1) is 5.92 Å². The molecule has 0 bridgehead atoms. The summed E-state index contributed by atoms with van der Waals surface area (Å²) in [6, 6.07) is 0. The second-order valence-electron chi connectivity index (χ2n) is 2.50. The van der Waals surface area contributed by atoms with Crippen molar-refractivity contribution in [2.75, 3.05) is 19.8 Å². The second-order valence-corrected chi connectivity index (χ2v) is 2.50. The molecular formula is C8H16O4. The normalized spacial score (nSPS) is 12.6. The van der Waals surface area contributed by atoms with Crippen LogP contribution in [0.25, 0.3) is 0 Å². The van der Waals surface area contributed by atoms with Gasteiger partial charge in [0, 0.05) is 6.61 Å². The van der Waals surface area contributed by atoms with E-state index < -0.39 is 5.92 Å². The van der Waals surface area contributed by atoms with E-state index in [4.69, 9.17) is 14.9 Å². The molecule has 1 atom stereocenters. The third-order valence-electron chi connectivity index (χ3n) is 1.55. The van der Waals surface area contributed by atoms with E-state index in [0.717, 1.165) is 0 Å². The van der Waals surface area contributed by atoms with Gasteiger partial charge in [0.15, 0.2) is 0 Å². The minimum Gasteiger partial charge on any atom is -0.466 e. The molecule has 0 unspecified atom stereocenters. The predicted octanol–water partition coefficient (Wildman–Crippen LogP) is -0.0695. The monoisotopic (exact) mass is 176 g/mol. The quantitative estimate of drug-likeness (QED) is 0.556. The zero-order valence-corrected chi connectivity index (χ0v) is 7.32. The largest absolute Gasteiger partial charge is 0.466 e. The average molecular weight is 176 g/mol. The maximum Gasteiger partial charge on any atom is 0.311 e. The number of hydrogen-bond donors (Lipinski definition) is 2. The van der Waals surface area contributed by atoms with Crippen molar-refractivity contribution in [3.05, 3.63) is 0 Å². The van der Waals surface area contributed by atoms with E-state index in [1.807, 2.05) is 0 Å². The van der Waals surface area contributed by atoms with E-state index >= 15 is 0 Å². The Morgan fingerprint density at radius 3 is 2.58 bits per heavy atom. The molecule has 0 amide bonds. The maximum atomic E-state index is 11.0. The van der Waals surface area contributed by atoms with Crippen LogP contribution in [0.3, 0.4) is 0 Å². The van der Waals surface area contributed by atoms with Crippen LogP contribution in [0.4, 0.5) is 0 Å². The van der Waals surface area contributed by atoms with Gasteiger partial charge in [-0.2, -0.15) is 0 Å². The highest BCUT2D eigenvalue weighted by atomic mass is 16.5. The standard InChI is InChI=1S/C8H16O4/c1-2-12-8(11)7(6-10)4-3-5-9/h7,9-10H,2-6H2,1H3/t7-/m0/s1. The molecule has 0 radical (unpaired) electrons. The summed E-state index contributed by atoms with van der Waals surface area (Å²) in [6.45, 7) is 1.88. The molecule has 12 heavy (non-hydrogen) atoms. The Bertz CT molecular complexity index is 124. The molecule has 0 aliphatic rings. The first kappa shape index (κ1) is 11.4. The lowest BCUT2D eigenvalue weighted by molar-refractivity contribution is -0.149. The summed E-state index contributed by atoms with van der Waals surface area (Å²) < 4.78 is 4.71. The molecule has 4 heteroatoms. The molecule has 0 aromatic rings. The van der Waals surface area contributed by atoms with E-state index in [1.165, 1.54) is 0 Å². The van der Waals surface area contributed by atoms with E-state index in [-0.39, 0.29) is 19.2 Å². The van der Waals surface area contributed by atoms with Crippen LogP contribution in [0.1, 0.15) is 19.8 Å². The van der Waals surface area contributed by atoms with Gasteiger partial charge in [-0.3, -0.25) is 4.79 Å². The van der Waals surface area contributed by atoms with Gasteiger partial charge in [0.25, 0.3) is 0 Å². The predicted molar refractivity (Wildman–Crippen MR) is 43.5 cm³/mol. The molecule has 0 rings (SSSR count). The zero-order valence-electron chi connectivity index (χ0n) is 7.32. The molecule has 0 saturated heterocycles. The number of aliphatic hydroxyl groups is 2. The lowest BCUT2D eigenvalue weighted by Crippen LogP contribution is -2.21. The molecule has 2 N–H and O–H groups in total. The van der Waals surface area contributed by atoms with Gasteiger partial charge in [-0.15, -0.1) is 0 Å². The second kappa shape index (κ2) is 7.06. The number of hydrogen-bond acceptors (Lipinski definition) is 4. The first-order chi connectivity index (χ1) is 5.76. The maximum absolute atomic E-state index is 11.0. The van der Waals surface area contributed by atoms with Crippen LogP contribution < -0.4 is 0 Å². The highest BCUT2D eigenvalue weighted by Gasteiger charge is 2.17. The Balaban J connectivity index is 3.71. The van der Waals surface area contributed by atoms with Crippen molar-refractivity contribution >= 4 is 5.97 Å². The van der Waals surface area contributed by atoms with Gasteiger partial charge in [-0.25, -0.2) is 0 Å². The molecule has 0 aliphatic carbocycles. The van der Waals surface area contributed by atoms with Gasteiger partial charge in [0.2, 0.25) is 0 Å². The molecule has 0 spiro atoms. The molecule has 72 valence electrons. The van der Waals surface area contributed by atoms with E-state index in [9.17, 15) is 4.79 Å². The van der Waals surface area contributed by atoms with Gasteiger partial charge in [-0.05, 0) is 19.8 Å². The Hall–Kier alpha value is -0.610. The van der Waals surface area contributed by atoms with E-state index in [1.54, 1.807) is 6.92 Å². The van der Waals surface area contributed by atoms with Crippen molar-refractivity contribution in [1.82, 2.24) is 0 Å². The van der Waals surface area contributed by atoms with Gasteiger partial charge in [0.05, 0.1) is 19.1 Å². The third-order valence-corrected chi connectivity index (χ3v) is 1.55. The Morgan fingerprint density at radius 2 is 2.17 bits per heavy atom. The summed E-state index contributed by atoms with van der Waals surface area (Å²) in [4.78, 5) is 11.0. The van der Waals surface area contributed by atoms with Crippen LogP contribution in [0.15, 0.2) is 0 Å². The minimum absolute atomic E-state index is 0.0376. The fourth-order valence-corrected chi connectivity index (χ4v) is 0.881. The SMILES string of the molecule is CCOC(=O)[C@H](CO)CCCO. The summed E-state index contributed by atoms with van der Waals surface area (Å²) in [5.74, 6) is -0.856. The minimum atomic E-state index is -0.475. The summed E-state index contributed by atoms with van der Waals surface area (Å²) in [5.41, 5.74) is 0. The first-order valence-electron chi connectivity index (χ1n) is 4.14. The fourth-order valence-electron chi connectivity index (χ4n) is 0.881. The van der Waals surface area contributed by atoms with Crippen molar-refractivity contribution in [2.45, 2.75) is 19.8 Å². The lowest BCUT2D eigenvalue weighted by atomic mass is 10.1. The van der Waals surface area contributed by atoms with Gasteiger partial charge in [-0.1, -0.05) is 0 Å². The molecule has 0 fully saturated rings. The van der Waals surface area contributed by atoms with Crippen LogP contribution in [-0.4, -0.2) is 36.0 Å². The molecule has 4 nitrogen and oxygen atoms in total. The zero-order chi connectivity index (χ0) is 9.40. The van der Waals surface area contributed by atoms with Gasteiger partial charge >= 0.3 is 5.97 Å². The summed E-state index contributed by atoms with van der Waals surface area (Å²) in [6.07, 6.45) is 0.996. The van der Waals surface area contributed by atoms with Crippen molar-refractivity contribution in [2.24, 2.45) is 5.92 Å². The number of aliphatic hydroxyl groups excluding tert-OH is 2. The summed E-state index contributed by atoms with van der Waals surface area (Å²) in [7, 11) is 0. The highest BCUT2D eigenvalue weighted by molar-refractivity contribution is 5.72. The summed E-state index contributed by atoms with van der Waals surface area (Å²) in [5, 5.41) is 17.3. The Morgan fingerprint density at radius 1 is 1.50 bits per heavy atom. The topological polar surface area (TPSA) is 66.8 Å². The molecule has 0 saturated carbocycles. The Labute approximate surface area is 72.2 Å². The van der Waals surface area contributed by atoms with Crippen LogP contribution in [0.2, 0.25) is 0 Å². The van der Waals surface area contributed by atoms with Gasteiger partial charge in [0.1, 0.15) is 0 Å². The highest BCUT2D eigenvalue weighted by Crippen LogP contribution is 2.07. The van der Waals surface area contributed by atoms with E-state index in [0.29, 0.717) is 19.4 Å². The molecule has 0 aromatic heterocycles. The van der Waals surface area contributed by atoms with Crippen LogP contribution in [-0.2, 0) is 9.53 Å². The van der Waals surface area contributed by atoms with Crippen LogP contribution in [0.5, 0.6) is 0 Å². The number of carbonyl (C=O) groups excluding carboxylic acids is 1. The van der Waals surface area contributed by atoms with Crippen molar-refractivity contribution in [3.63, 3.8) is 0 Å². The average Bonchev–Trinajstić information content (AvgIpc) is 2.06. The van der Waals surface area contributed by atoms with Gasteiger partial charge < -0.3 is 14.9 Å². The Kier molecular flexibility index (Phi) is 6.70. The number of carbonyl (C=O) groups is 1. The molecule has 0 aromatic carbocycles. The number of esters is 1. The third kappa shape index (κ3) is 4.31. The van der Waals surface area contributed by atoms with Crippen LogP contribution >= 0.6 is 0 Å². The smallest absolute Gasteiger partial charge is 0.311 e. The number of ether oxygens (including phenoxy) is 1. The van der Waals surface area contributed by atoms with Crippen molar-refractivity contribution in [1.29, 1.82) is 0 Å². The van der Waals surface area contributed by atoms with Crippen molar-refractivity contribution < 1.29 is 19.7 Å². The molecule has 0 heterocycles. The lowest BCUT2D eigenvalue weighted by Gasteiger charge is -2.11.